The van der Waals surface area contributed by atoms with E-state index in [0.29, 0.717) is 31.4 Å². The van der Waals surface area contributed by atoms with Crippen molar-refractivity contribution in [1.29, 1.82) is 0 Å². The number of ether oxygens (including phenoxy) is 2. The van der Waals surface area contributed by atoms with E-state index in [1.54, 1.807) is 42.5 Å². The lowest BCUT2D eigenvalue weighted by Crippen LogP contribution is -2.55. The fourth-order valence-electron chi connectivity index (χ4n) is 5.38. The van der Waals surface area contributed by atoms with E-state index in [1.807, 2.05) is 22.6 Å². The molecule has 0 radical (unpaired) electrons. The fourth-order valence-corrected chi connectivity index (χ4v) is 6.60. The third-order valence-electron chi connectivity index (χ3n) is 7.74. The number of hydrogen-bond acceptors (Lipinski definition) is 9. The van der Waals surface area contributed by atoms with Crippen LogP contribution >= 0.6 is 45.8 Å². The minimum atomic E-state index is -1.46. The summed E-state index contributed by atoms with van der Waals surface area (Å²) in [4.78, 5) is 53.6. The van der Waals surface area contributed by atoms with E-state index >= 15 is 0 Å². The summed E-state index contributed by atoms with van der Waals surface area (Å²) in [7, 11) is 1.39. The summed E-state index contributed by atoms with van der Waals surface area (Å²) >= 11 is 14.6. The molecule has 0 bridgehead atoms. The van der Waals surface area contributed by atoms with Gasteiger partial charge >= 0.3 is 5.63 Å². The lowest BCUT2D eigenvalue weighted by Gasteiger charge is -2.40. The van der Waals surface area contributed by atoms with Crippen molar-refractivity contribution in [3.63, 3.8) is 0 Å². The highest BCUT2D eigenvalue weighted by molar-refractivity contribution is 14.1. The molecule has 1 aliphatic carbocycles. The molecular formula is C34H29Cl2IN2O9. The van der Waals surface area contributed by atoms with Crippen LogP contribution in [0.5, 0.6) is 11.5 Å². The molecular weight excluding hydrogens is 778 g/mol. The SMILES string of the molecule is COc1cc(C=O)cc(I)c1OC1C=C(C(=O)NCCO)CC(N(Cc2ccc(Cl)cc2Cl)C(=O)c2cc3ccccc3oc2=O)C1O. The van der Waals surface area contributed by atoms with Crippen LogP contribution in [0.25, 0.3) is 11.0 Å². The molecule has 0 saturated heterocycles. The second-order valence-electron chi connectivity index (χ2n) is 10.8. The number of para-hydroxylation sites is 1. The summed E-state index contributed by atoms with van der Waals surface area (Å²) in [5, 5.41) is 25.0. The number of aldehydes is 1. The lowest BCUT2D eigenvalue weighted by atomic mass is 9.87. The number of carbonyl (C=O) groups is 3. The first-order valence-corrected chi connectivity index (χ1v) is 16.4. The van der Waals surface area contributed by atoms with Gasteiger partial charge in [0.2, 0.25) is 5.91 Å². The fraction of sp³-hybridized carbons (Fsp3) is 0.235. The van der Waals surface area contributed by atoms with Crippen LogP contribution in [0.4, 0.5) is 0 Å². The highest BCUT2D eigenvalue weighted by Gasteiger charge is 2.42. The maximum absolute atomic E-state index is 14.4. The second-order valence-corrected chi connectivity index (χ2v) is 12.8. The normalized spacial score (nSPS) is 17.4. The van der Waals surface area contributed by atoms with E-state index < -0.39 is 35.7 Å². The summed E-state index contributed by atoms with van der Waals surface area (Å²) < 4.78 is 17.7. The van der Waals surface area contributed by atoms with E-state index in [4.69, 9.17) is 37.1 Å². The second kappa shape index (κ2) is 15.5. The third kappa shape index (κ3) is 7.68. The Bertz CT molecular complexity index is 1970. The molecule has 0 saturated carbocycles. The van der Waals surface area contributed by atoms with Gasteiger partial charge in [0.25, 0.3) is 5.91 Å². The molecule has 5 rings (SSSR count). The molecule has 11 nitrogen and oxygen atoms in total. The molecule has 3 N–H and O–H groups in total. The van der Waals surface area contributed by atoms with Crippen molar-refractivity contribution >= 4 is 74.9 Å². The van der Waals surface area contributed by atoms with E-state index in [-0.39, 0.29) is 59.4 Å². The van der Waals surface area contributed by atoms with Crippen molar-refractivity contribution in [3.8, 4) is 11.5 Å². The largest absolute Gasteiger partial charge is 0.493 e. The first-order chi connectivity index (χ1) is 23.0. The van der Waals surface area contributed by atoms with Crippen LogP contribution in [0.1, 0.15) is 32.7 Å². The highest BCUT2D eigenvalue weighted by Crippen LogP contribution is 2.37. The van der Waals surface area contributed by atoms with Crippen molar-refractivity contribution < 1.29 is 38.5 Å². The average molecular weight is 807 g/mol. The minimum Gasteiger partial charge on any atom is -0.493 e. The topological polar surface area (TPSA) is 156 Å². The van der Waals surface area contributed by atoms with Crippen LogP contribution in [0, 0.1) is 3.57 Å². The Hall–Kier alpha value is -3.95. The predicted octanol–water partition coefficient (Wildman–Crippen LogP) is 4.78. The number of rotatable bonds is 11. The zero-order valence-corrected chi connectivity index (χ0v) is 29.0. The molecule has 3 atom stereocenters. The molecule has 250 valence electrons. The minimum absolute atomic E-state index is 0.0467. The van der Waals surface area contributed by atoms with Gasteiger partial charge in [0.15, 0.2) is 11.5 Å². The maximum atomic E-state index is 14.4. The molecule has 1 heterocycles. The van der Waals surface area contributed by atoms with Gasteiger partial charge in [0, 0.05) is 46.1 Å². The Kier molecular flexibility index (Phi) is 11.4. The Morgan fingerprint density at radius 1 is 1.15 bits per heavy atom. The Morgan fingerprint density at radius 2 is 1.92 bits per heavy atom. The van der Waals surface area contributed by atoms with Crippen LogP contribution in [0.3, 0.4) is 0 Å². The number of hydrogen-bond donors (Lipinski definition) is 3. The Labute approximate surface area is 298 Å². The summed E-state index contributed by atoms with van der Waals surface area (Å²) in [6.07, 6.45) is -0.774. The number of aliphatic hydroxyl groups excluding tert-OH is 2. The molecule has 3 unspecified atom stereocenters. The number of amides is 2. The van der Waals surface area contributed by atoms with Crippen LogP contribution in [-0.4, -0.2) is 71.7 Å². The molecule has 48 heavy (non-hydrogen) atoms. The highest BCUT2D eigenvalue weighted by atomic mass is 127. The monoisotopic (exact) mass is 806 g/mol. The number of nitrogens with zero attached hydrogens (tertiary/aromatic N) is 1. The van der Waals surface area contributed by atoms with E-state index in [1.165, 1.54) is 36.3 Å². The van der Waals surface area contributed by atoms with Crippen molar-refractivity contribution in [2.24, 2.45) is 0 Å². The van der Waals surface area contributed by atoms with Gasteiger partial charge in [-0.1, -0.05) is 47.5 Å². The molecule has 14 heteroatoms. The van der Waals surface area contributed by atoms with Gasteiger partial charge in [-0.25, -0.2) is 4.79 Å². The predicted molar refractivity (Wildman–Crippen MR) is 187 cm³/mol. The van der Waals surface area contributed by atoms with Crippen LogP contribution in [0.15, 0.2) is 81.5 Å². The Morgan fingerprint density at radius 3 is 2.62 bits per heavy atom. The average Bonchev–Trinajstić information content (AvgIpc) is 3.07. The quantitative estimate of drug-likeness (QED) is 0.110. The Balaban J connectivity index is 1.62. The number of benzene rings is 3. The molecule has 3 aromatic carbocycles. The van der Waals surface area contributed by atoms with Gasteiger partial charge in [-0.15, -0.1) is 0 Å². The van der Waals surface area contributed by atoms with Gasteiger partial charge in [0.05, 0.1) is 23.3 Å². The zero-order valence-electron chi connectivity index (χ0n) is 25.3. The van der Waals surface area contributed by atoms with Gasteiger partial charge in [-0.2, -0.15) is 0 Å². The number of carbonyl (C=O) groups excluding carboxylic acids is 3. The number of nitrogens with one attached hydrogen (secondary N) is 1. The van der Waals surface area contributed by atoms with Gasteiger partial charge in [-0.05, 0) is 70.6 Å². The first kappa shape index (κ1) is 35.4. The molecule has 0 aliphatic heterocycles. The number of methoxy groups -OCH3 is 1. The maximum Gasteiger partial charge on any atom is 0.349 e. The number of fused-ring (bicyclic) bond motifs is 1. The zero-order chi connectivity index (χ0) is 34.5. The number of halogens is 3. The van der Waals surface area contributed by atoms with E-state index in [2.05, 4.69) is 5.32 Å². The summed E-state index contributed by atoms with van der Waals surface area (Å²) in [5.74, 6) is -0.960. The summed E-state index contributed by atoms with van der Waals surface area (Å²) in [5.41, 5.74) is 0.0158. The van der Waals surface area contributed by atoms with Gasteiger partial charge in [0.1, 0.15) is 29.6 Å². The van der Waals surface area contributed by atoms with Crippen molar-refractivity contribution in [3.05, 3.63) is 113 Å². The van der Waals surface area contributed by atoms with Crippen molar-refractivity contribution in [2.75, 3.05) is 20.3 Å². The van der Waals surface area contributed by atoms with Gasteiger partial charge in [-0.3, -0.25) is 14.4 Å². The molecule has 0 spiro atoms. The van der Waals surface area contributed by atoms with Crippen LogP contribution in [-0.2, 0) is 11.3 Å². The van der Waals surface area contributed by atoms with E-state index in [0.717, 1.165) is 0 Å². The van der Waals surface area contributed by atoms with Crippen LogP contribution in [0.2, 0.25) is 10.0 Å². The molecule has 2 amide bonds. The molecule has 1 aromatic heterocycles. The molecule has 4 aromatic rings. The smallest absolute Gasteiger partial charge is 0.349 e. The van der Waals surface area contributed by atoms with Crippen molar-refractivity contribution in [1.82, 2.24) is 10.2 Å². The van der Waals surface area contributed by atoms with Crippen molar-refractivity contribution in [2.45, 2.75) is 31.2 Å². The lowest BCUT2D eigenvalue weighted by molar-refractivity contribution is -0.118. The number of aliphatic hydroxyl groups is 2. The third-order valence-corrected chi connectivity index (χ3v) is 9.13. The first-order valence-electron chi connectivity index (χ1n) is 14.6. The van der Waals surface area contributed by atoms with Gasteiger partial charge < -0.3 is 34.3 Å². The summed E-state index contributed by atoms with van der Waals surface area (Å²) in [6.45, 7) is -0.564. The standard InChI is InChI=1S/C34H29Cl2IN2O9/c1-46-29-11-18(17-41)10-25(37)31(29)47-28-14-21(32(43)38-8-9-40)13-26(30(28)42)39(16-20-6-7-22(35)15-24(20)36)33(44)23-12-19-4-2-3-5-27(19)48-34(23)45/h2-7,10-12,14-15,17,26,28,30,40,42H,8-9,13,16H2,1H3,(H,38,43). The van der Waals surface area contributed by atoms with Crippen LogP contribution < -0.4 is 20.4 Å². The summed E-state index contributed by atoms with van der Waals surface area (Å²) in [6, 6.07) is 14.7. The molecule has 0 fully saturated rings. The van der Waals surface area contributed by atoms with E-state index in [9.17, 15) is 29.4 Å². The molecule has 1 aliphatic rings.